The Morgan fingerprint density at radius 1 is 1.57 bits per heavy atom. The number of hydrogen-bond acceptors (Lipinski definition) is 3. The van der Waals surface area contributed by atoms with Crippen LogP contribution in [0.2, 0.25) is 0 Å². The van der Waals surface area contributed by atoms with Crippen LogP contribution in [0.25, 0.3) is 0 Å². The van der Waals surface area contributed by atoms with E-state index in [9.17, 15) is 4.39 Å². The fourth-order valence-electron chi connectivity index (χ4n) is 1.78. The van der Waals surface area contributed by atoms with Crippen LogP contribution in [0, 0.1) is 5.82 Å². The number of rotatable bonds is 1. The first-order valence-corrected chi connectivity index (χ1v) is 4.85. The minimum absolute atomic E-state index is 0.270. The standard InChI is InChI=1S/C10H14FN3/c1-8-5-12-2-3-14(8)10-4-9(11)6-13-7-10/h4,6-8,12H,2-3,5H2,1H3/t8-/m0/s1. The Bertz CT molecular complexity index is 316. The summed E-state index contributed by atoms with van der Waals surface area (Å²) in [5, 5.41) is 3.29. The smallest absolute Gasteiger partial charge is 0.143 e. The van der Waals surface area contributed by atoms with E-state index < -0.39 is 0 Å². The molecule has 1 saturated heterocycles. The summed E-state index contributed by atoms with van der Waals surface area (Å²) < 4.78 is 12.9. The van der Waals surface area contributed by atoms with Crippen molar-refractivity contribution < 1.29 is 4.39 Å². The number of halogens is 1. The molecule has 3 nitrogen and oxygen atoms in total. The summed E-state index contributed by atoms with van der Waals surface area (Å²) in [4.78, 5) is 6.03. The Labute approximate surface area is 82.9 Å². The van der Waals surface area contributed by atoms with Crippen LogP contribution in [0.15, 0.2) is 18.5 Å². The lowest BCUT2D eigenvalue weighted by molar-refractivity contribution is 0.499. The Balaban J connectivity index is 2.20. The maximum atomic E-state index is 12.9. The van der Waals surface area contributed by atoms with Crippen LogP contribution in [0.4, 0.5) is 10.1 Å². The summed E-state index contributed by atoms with van der Waals surface area (Å²) in [5.41, 5.74) is 0.874. The van der Waals surface area contributed by atoms with Gasteiger partial charge in [-0.05, 0) is 6.92 Å². The third kappa shape index (κ3) is 1.85. The maximum absolute atomic E-state index is 12.9. The van der Waals surface area contributed by atoms with E-state index in [2.05, 4.69) is 22.1 Å². The molecule has 1 aromatic rings. The van der Waals surface area contributed by atoms with Gasteiger partial charge in [0.2, 0.25) is 0 Å². The zero-order valence-corrected chi connectivity index (χ0v) is 8.20. The van der Waals surface area contributed by atoms with E-state index in [1.807, 2.05) is 0 Å². The van der Waals surface area contributed by atoms with Crippen molar-refractivity contribution in [2.75, 3.05) is 24.5 Å². The first-order chi connectivity index (χ1) is 6.77. The summed E-state index contributed by atoms with van der Waals surface area (Å²) in [6.07, 6.45) is 2.95. The predicted octanol–water partition coefficient (Wildman–Crippen LogP) is 1.02. The molecule has 0 bridgehead atoms. The summed E-state index contributed by atoms with van der Waals surface area (Å²) in [7, 11) is 0. The molecule has 4 heteroatoms. The van der Waals surface area contributed by atoms with Gasteiger partial charge in [-0.3, -0.25) is 4.98 Å². The van der Waals surface area contributed by atoms with Crippen molar-refractivity contribution in [2.24, 2.45) is 0 Å². The molecular formula is C10H14FN3. The molecule has 0 unspecified atom stereocenters. The Hall–Kier alpha value is -1.16. The van der Waals surface area contributed by atoms with Crippen molar-refractivity contribution in [3.8, 4) is 0 Å². The second-order valence-corrected chi connectivity index (χ2v) is 3.61. The number of anilines is 1. The molecule has 1 atom stereocenters. The lowest BCUT2D eigenvalue weighted by Crippen LogP contribution is -2.50. The van der Waals surface area contributed by atoms with Gasteiger partial charge in [0.05, 0.1) is 18.1 Å². The number of pyridine rings is 1. The molecule has 0 radical (unpaired) electrons. The number of piperazine rings is 1. The monoisotopic (exact) mass is 195 g/mol. The lowest BCUT2D eigenvalue weighted by atomic mass is 10.2. The highest BCUT2D eigenvalue weighted by atomic mass is 19.1. The number of hydrogen-bond donors (Lipinski definition) is 1. The van der Waals surface area contributed by atoms with E-state index in [1.165, 1.54) is 12.3 Å². The van der Waals surface area contributed by atoms with Crippen LogP contribution in [0.5, 0.6) is 0 Å². The van der Waals surface area contributed by atoms with Crippen LogP contribution in [0.3, 0.4) is 0 Å². The van der Waals surface area contributed by atoms with Crippen molar-refractivity contribution in [2.45, 2.75) is 13.0 Å². The molecule has 1 aliphatic rings. The molecule has 0 amide bonds. The Morgan fingerprint density at radius 2 is 2.43 bits per heavy atom. The van der Waals surface area contributed by atoms with Gasteiger partial charge >= 0.3 is 0 Å². The number of nitrogens with zero attached hydrogens (tertiary/aromatic N) is 2. The summed E-state index contributed by atoms with van der Waals surface area (Å²) in [5.74, 6) is -0.270. The van der Waals surface area contributed by atoms with Gasteiger partial charge in [0.25, 0.3) is 0 Å². The van der Waals surface area contributed by atoms with Gasteiger partial charge in [-0.1, -0.05) is 0 Å². The summed E-state index contributed by atoms with van der Waals surface area (Å²) in [6, 6.07) is 1.93. The molecule has 1 aliphatic heterocycles. The fourth-order valence-corrected chi connectivity index (χ4v) is 1.78. The quantitative estimate of drug-likeness (QED) is 0.725. The molecule has 2 heterocycles. The first-order valence-electron chi connectivity index (χ1n) is 4.85. The highest BCUT2D eigenvalue weighted by Crippen LogP contribution is 2.17. The fraction of sp³-hybridized carbons (Fsp3) is 0.500. The molecule has 2 rings (SSSR count). The lowest BCUT2D eigenvalue weighted by Gasteiger charge is -2.35. The van der Waals surface area contributed by atoms with E-state index >= 15 is 0 Å². The van der Waals surface area contributed by atoms with Crippen molar-refractivity contribution in [3.05, 3.63) is 24.3 Å². The minimum atomic E-state index is -0.270. The van der Waals surface area contributed by atoms with Gasteiger partial charge in [0, 0.05) is 31.7 Å². The SMILES string of the molecule is C[C@H]1CNCCN1c1cncc(F)c1. The molecule has 76 valence electrons. The second kappa shape index (κ2) is 3.92. The summed E-state index contributed by atoms with van der Waals surface area (Å²) >= 11 is 0. The van der Waals surface area contributed by atoms with E-state index in [0.717, 1.165) is 25.3 Å². The van der Waals surface area contributed by atoms with Crippen LogP contribution in [-0.2, 0) is 0 Å². The summed E-state index contributed by atoms with van der Waals surface area (Å²) in [6.45, 7) is 4.92. The van der Waals surface area contributed by atoms with E-state index in [1.54, 1.807) is 6.20 Å². The van der Waals surface area contributed by atoms with Gasteiger partial charge in [-0.15, -0.1) is 0 Å². The van der Waals surface area contributed by atoms with Crippen LogP contribution in [0.1, 0.15) is 6.92 Å². The van der Waals surface area contributed by atoms with Gasteiger partial charge in [0.1, 0.15) is 5.82 Å². The highest BCUT2D eigenvalue weighted by Gasteiger charge is 2.18. The van der Waals surface area contributed by atoms with Gasteiger partial charge < -0.3 is 10.2 Å². The molecule has 0 saturated carbocycles. The Kier molecular flexibility index (Phi) is 2.63. The zero-order valence-electron chi connectivity index (χ0n) is 8.20. The minimum Gasteiger partial charge on any atom is -0.365 e. The van der Waals surface area contributed by atoms with E-state index in [4.69, 9.17) is 0 Å². The van der Waals surface area contributed by atoms with Crippen molar-refractivity contribution in [1.82, 2.24) is 10.3 Å². The molecule has 0 aromatic carbocycles. The second-order valence-electron chi connectivity index (χ2n) is 3.61. The molecule has 1 aromatic heterocycles. The molecule has 1 fully saturated rings. The van der Waals surface area contributed by atoms with Crippen LogP contribution < -0.4 is 10.2 Å². The predicted molar refractivity (Wildman–Crippen MR) is 53.9 cm³/mol. The highest BCUT2D eigenvalue weighted by molar-refractivity contribution is 5.45. The normalized spacial score (nSPS) is 22.4. The van der Waals surface area contributed by atoms with Crippen molar-refractivity contribution >= 4 is 5.69 Å². The maximum Gasteiger partial charge on any atom is 0.143 e. The van der Waals surface area contributed by atoms with Crippen molar-refractivity contribution in [3.63, 3.8) is 0 Å². The number of nitrogens with one attached hydrogen (secondary N) is 1. The first kappa shape index (κ1) is 9.40. The van der Waals surface area contributed by atoms with Crippen LogP contribution >= 0.6 is 0 Å². The van der Waals surface area contributed by atoms with Crippen LogP contribution in [-0.4, -0.2) is 30.7 Å². The molecule has 0 aliphatic carbocycles. The van der Waals surface area contributed by atoms with Gasteiger partial charge in [0.15, 0.2) is 0 Å². The molecule has 14 heavy (non-hydrogen) atoms. The number of aromatic nitrogens is 1. The largest absolute Gasteiger partial charge is 0.365 e. The van der Waals surface area contributed by atoms with Gasteiger partial charge in [-0.2, -0.15) is 0 Å². The molecular weight excluding hydrogens is 181 g/mol. The average Bonchev–Trinajstić information content (AvgIpc) is 2.18. The molecule has 1 N–H and O–H groups in total. The van der Waals surface area contributed by atoms with E-state index in [-0.39, 0.29) is 5.82 Å². The third-order valence-electron chi connectivity index (χ3n) is 2.52. The topological polar surface area (TPSA) is 28.2 Å². The third-order valence-corrected chi connectivity index (χ3v) is 2.52. The average molecular weight is 195 g/mol. The zero-order chi connectivity index (χ0) is 9.97. The van der Waals surface area contributed by atoms with Gasteiger partial charge in [-0.25, -0.2) is 4.39 Å². The van der Waals surface area contributed by atoms with Crippen molar-refractivity contribution in [1.29, 1.82) is 0 Å². The Morgan fingerprint density at radius 3 is 3.14 bits per heavy atom. The van der Waals surface area contributed by atoms with E-state index in [0.29, 0.717) is 6.04 Å². The molecule has 0 spiro atoms.